The van der Waals surface area contributed by atoms with Gasteiger partial charge in [0.2, 0.25) is 0 Å². The Kier molecular flexibility index (Phi) is 9.77. The number of piperazine rings is 1. The van der Waals surface area contributed by atoms with E-state index in [1.165, 1.54) is 6.07 Å². The molecule has 0 unspecified atom stereocenters. The third-order valence-electron chi connectivity index (χ3n) is 3.47. The van der Waals surface area contributed by atoms with Crippen LogP contribution in [0.5, 0.6) is 0 Å². The van der Waals surface area contributed by atoms with Gasteiger partial charge < -0.3 is 5.32 Å². The van der Waals surface area contributed by atoms with Gasteiger partial charge in [0.1, 0.15) is 5.82 Å². The van der Waals surface area contributed by atoms with Gasteiger partial charge in [0.25, 0.3) is 0 Å². The van der Waals surface area contributed by atoms with Gasteiger partial charge in [-0.05, 0) is 30.2 Å². The molecule has 1 aromatic carbocycles. The summed E-state index contributed by atoms with van der Waals surface area (Å²) in [5, 5.41) is 4.01. The number of nitrogens with one attached hydrogen (secondary N) is 1. The summed E-state index contributed by atoms with van der Waals surface area (Å²) in [6.45, 7) is 6.14. The molecule has 1 atom stereocenters. The molecule has 0 amide bonds. The van der Waals surface area contributed by atoms with E-state index in [1.54, 1.807) is 12.1 Å². The normalized spacial score (nSPS) is 16.9. The summed E-state index contributed by atoms with van der Waals surface area (Å²) in [6.07, 6.45) is 2.09. The van der Waals surface area contributed by atoms with Gasteiger partial charge in [0, 0.05) is 37.2 Å². The van der Waals surface area contributed by atoms with Crippen LogP contribution in [-0.4, -0.2) is 31.1 Å². The molecular weight excluding hydrogens is 322 g/mol. The molecule has 0 aliphatic carbocycles. The molecule has 2 rings (SSSR count). The van der Waals surface area contributed by atoms with Crippen molar-refractivity contribution in [3.05, 3.63) is 34.6 Å². The van der Waals surface area contributed by atoms with Crippen molar-refractivity contribution < 1.29 is 4.39 Å². The highest BCUT2D eigenvalue weighted by Gasteiger charge is 2.23. The minimum Gasteiger partial charge on any atom is -0.314 e. The Morgan fingerprint density at radius 3 is 2.55 bits per heavy atom. The first-order valence-electron chi connectivity index (χ1n) is 6.62. The molecule has 0 radical (unpaired) electrons. The largest absolute Gasteiger partial charge is 0.314 e. The zero-order valence-corrected chi connectivity index (χ0v) is 14.0. The maximum Gasteiger partial charge on any atom is 0.123 e. The fraction of sp³-hybridized carbons (Fsp3) is 0.571. The van der Waals surface area contributed by atoms with Crippen molar-refractivity contribution >= 4 is 36.4 Å². The van der Waals surface area contributed by atoms with E-state index in [4.69, 9.17) is 11.6 Å². The molecule has 0 spiro atoms. The van der Waals surface area contributed by atoms with Crippen LogP contribution < -0.4 is 5.32 Å². The Labute approximate surface area is 137 Å². The lowest BCUT2D eigenvalue weighted by atomic mass is 9.99. The average Bonchev–Trinajstić information content (AvgIpc) is 2.40. The Morgan fingerprint density at radius 2 is 1.95 bits per heavy atom. The number of hydrogen-bond donors (Lipinski definition) is 1. The number of rotatable bonds is 4. The quantitative estimate of drug-likeness (QED) is 0.886. The van der Waals surface area contributed by atoms with Crippen LogP contribution in [-0.2, 0) is 0 Å². The van der Waals surface area contributed by atoms with Crippen molar-refractivity contribution in [1.29, 1.82) is 0 Å². The molecule has 1 aromatic rings. The fourth-order valence-corrected chi connectivity index (χ4v) is 2.82. The molecule has 6 heteroatoms. The van der Waals surface area contributed by atoms with E-state index in [9.17, 15) is 4.39 Å². The molecule has 1 saturated heterocycles. The zero-order chi connectivity index (χ0) is 13.0. The highest BCUT2D eigenvalue weighted by molar-refractivity contribution is 6.31. The highest BCUT2D eigenvalue weighted by Crippen LogP contribution is 2.31. The van der Waals surface area contributed by atoms with Gasteiger partial charge in [-0.2, -0.15) is 0 Å². The number of halogens is 4. The van der Waals surface area contributed by atoms with E-state index in [2.05, 4.69) is 17.1 Å². The highest BCUT2D eigenvalue weighted by atomic mass is 35.5. The Morgan fingerprint density at radius 1 is 1.30 bits per heavy atom. The lowest BCUT2D eigenvalue weighted by Crippen LogP contribution is -2.45. The van der Waals surface area contributed by atoms with E-state index >= 15 is 0 Å². The van der Waals surface area contributed by atoms with E-state index in [0.717, 1.165) is 44.6 Å². The number of benzene rings is 1. The SMILES string of the molecule is CCC[C@@H](c1cc(F)ccc1Cl)N1CCNCC1.Cl.Cl. The summed E-state index contributed by atoms with van der Waals surface area (Å²) in [4.78, 5) is 2.40. The zero-order valence-electron chi connectivity index (χ0n) is 11.6. The van der Waals surface area contributed by atoms with Crippen molar-refractivity contribution in [2.24, 2.45) is 0 Å². The summed E-state index contributed by atoms with van der Waals surface area (Å²) in [6, 6.07) is 4.91. The lowest BCUT2D eigenvalue weighted by molar-refractivity contribution is 0.164. The first-order valence-corrected chi connectivity index (χ1v) is 7.00. The van der Waals surface area contributed by atoms with Crippen molar-refractivity contribution in [1.82, 2.24) is 10.2 Å². The molecule has 0 saturated carbocycles. The first-order chi connectivity index (χ1) is 8.72. The molecule has 2 nitrogen and oxygen atoms in total. The number of nitrogens with zero attached hydrogens (tertiary/aromatic N) is 1. The van der Waals surface area contributed by atoms with Gasteiger partial charge in [-0.15, -0.1) is 24.8 Å². The molecule has 1 aliphatic heterocycles. The standard InChI is InChI=1S/C14H20ClFN2.2ClH/c1-2-3-14(18-8-6-17-7-9-18)12-10-11(16)4-5-13(12)15;;/h4-5,10,14,17H,2-3,6-9H2,1H3;2*1H/t14-;;/m0../s1. The molecule has 116 valence electrons. The summed E-state index contributed by atoms with van der Waals surface area (Å²) in [5.74, 6) is -0.203. The van der Waals surface area contributed by atoms with Crippen LogP contribution >= 0.6 is 36.4 Å². The second kappa shape index (κ2) is 9.80. The van der Waals surface area contributed by atoms with Crippen molar-refractivity contribution in [3.8, 4) is 0 Å². The molecule has 1 N–H and O–H groups in total. The average molecular weight is 344 g/mol. The minimum absolute atomic E-state index is 0. The number of hydrogen-bond acceptors (Lipinski definition) is 2. The van der Waals surface area contributed by atoms with Crippen LogP contribution in [0.15, 0.2) is 18.2 Å². The predicted molar refractivity (Wildman–Crippen MR) is 88.0 cm³/mol. The molecule has 20 heavy (non-hydrogen) atoms. The minimum atomic E-state index is -0.203. The van der Waals surface area contributed by atoms with Crippen molar-refractivity contribution in [2.75, 3.05) is 26.2 Å². The summed E-state index contributed by atoms with van der Waals surface area (Å²) in [5.41, 5.74) is 0.931. The van der Waals surface area contributed by atoms with E-state index < -0.39 is 0 Å². The van der Waals surface area contributed by atoms with Crippen LogP contribution in [0.4, 0.5) is 4.39 Å². The molecule has 1 aliphatic rings. The lowest BCUT2D eigenvalue weighted by Gasteiger charge is -2.35. The first kappa shape index (κ1) is 19.9. The van der Waals surface area contributed by atoms with Gasteiger partial charge >= 0.3 is 0 Å². The summed E-state index contributed by atoms with van der Waals surface area (Å²) < 4.78 is 13.4. The van der Waals surface area contributed by atoms with Gasteiger partial charge in [0.05, 0.1) is 0 Å². The van der Waals surface area contributed by atoms with E-state index in [0.29, 0.717) is 5.02 Å². The van der Waals surface area contributed by atoms with Crippen LogP contribution in [0.2, 0.25) is 5.02 Å². The van der Waals surface area contributed by atoms with Crippen LogP contribution in [0.3, 0.4) is 0 Å². The predicted octanol–water partition coefficient (Wildman–Crippen LogP) is 4.07. The Balaban J connectivity index is 0.00000180. The molecule has 1 heterocycles. The molecule has 0 bridgehead atoms. The summed E-state index contributed by atoms with van der Waals surface area (Å²) in [7, 11) is 0. The molecular formula is C14H22Cl3FN2. The van der Waals surface area contributed by atoms with Gasteiger partial charge in [0.15, 0.2) is 0 Å². The second-order valence-corrected chi connectivity index (χ2v) is 5.16. The maximum atomic E-state index is 13.4. The van der Waals surface area contributed by atoms with E-state index in [-0.39, 0.29) is 36.7 Å². The van der Waals surface area contributed by atoms with Gasteiger partial charge in [-0.25, -0.2) is 4.39 Å². The summed E-state index contributed by atoms with van der Waals surface area (Å²) >= 11 is 6.24. The monoisotopic (exact) mass is 342 g/mol. The second-order valence-electron chi connectivity index (χ2n) is 4.76. The topological polar surface area (TPSA) is 15.3 Å². The van der Waals surface area contributed by atoms with Crippen LogP contribution in [0.1, 0.15) is 31.4 Å². The third-order valence-corrected chi connectivity index (χ3v) is 3.82. The van der Waals surface area contributed by atoms with Gasteiger partial charge in [-0.1, -0.05) is 24.9 Å². The molecule has 1 fully saturated rings. The Bertz CT molecular complexity index is 398. The van der Waals surface area contributed by atoms with Crippen molar-refractivity contribution in [3.63, 3.8) is 0 Å². The van der Waals surface area contributed by atoms with Gasteiger partial charge in [-0.3, -0.25) is 4.90 Å². The van der Waals surface area contributed by atoms with Crippen molar-refractivity contribution in [2.45, 2.75) is 25.8 Å². The smallest absolute Gasteiger partial charge is 0.123 e. The third kappa shape index (κ3) is 5.05. The fourth-order valence-electron chi connectivity index (χ4n) is 2.57. The molecule has 0 aromatic heterocycles. The van der Waals surface area contributed by atoms with Crippen LogP contribution in [0, 0.1) is 5.82 Å². The van der Waals surface area contributed by atoms with Crippen LogP contribution in [0.25, 0.3) is 0 Å². The maximum absolute atomic E-state index is 13.4. The van der Waals surface area contributed by atoms with E-state index in [1.807, 2.05) is 0 Å². The Hall–Kier alpha value is -0.0600.